The van der Waals surface area contributed by atoms with Crippen LogP contribution < -0.4 is 23.8 Å². The number of methoxy groups -OCH3 is 1. The molecule has 1 aliphatic heterocycles. The first-order valence-corrected chi connectivity index (χ1v) is 10.6. The lowest BCUT2D eigenvalue weighted by Crippen LogP contribution is -2.42. The van der Waals surface area contributed by atoms with Gasteiger partial charge in [-0.05, 0) is 50.2 Å². The SMILES string of the molecule is COc1ccc(N(CC(=O)NC(C)C)S(=O)(=O)c2ccc3c(c2)OCCO3)cc1. The minimum Gasteiger partial charge on any atom is -0.497 e. The molecule has 0 saturated heterocycles. The number of anilines is 1. The lowest BCUT2D eigenvalue weighted by atomic mass is 10.3. The van der Waals surface area contributed by atoms with Crippen molar-refractivity contribution in [2.75, 3.05) is 31.2 Å². The third kappa shape index (κ3) is 4.73. The van der Waals surface area contributed by atoms with Gasteiger partial charge in [-0.2, -0.15) is 0 Å². The molecular weight excluding hydrogens is 396 g/mol. The molecule has 156 valence electrons. The van der Waals surface area contributed by atoms with Gasteiger partial charge < -0.3 is 19.5 Å². The molecular formula is C20H24N2O6S. The molecule has 0 aromatic heterocycles. The van der Waals surface area contributed by atoms with Crippen molar-refractivity contribution in [1.29, 1.82) is 0 Å². The summed E-state index contributed by atoms with van der Waals surface area (Å²) < 4.78 is 44.0. The van der Waals surface area contributed by atoms with Gasteiger partial charge in [0.25, 0.3) is 10.0 Å². The molecule has 0 atom stereocenters. The first-order chi connectivity index (χ1) is 13.8. The number of carbonyl (C=O) groups is 1. The van der Waals surface area contributed by atoms with Crippen molar-refractivity contribution in [3.8, 4) is 17.2 Å². The number of hydrogen-bond acceptors (Lipinski definition) is 6. The van der Waals surface area contributed by atoms with Gasteiger partial charge in [0.15, 0.2) is 11.5 Å². The van der Waals surface area contributed by atoms with Gasteiger partial charge in [0.2, 0.25) is 5.91 Å². The standard InChI is InChI=1S/C20H24N2O6S/c1-14(2)21-20(23)13-22(15-4-6-16(26-3)7-5-15)29(24,25)17-8-9-18-19(12-17)28-11-10-27-18/h4-9,12,14H,10-11,13H2,1-3H3,(H,21,23). The molecule has 0 bridgehead atoms. The topological polar surface area (TPSA) is 94.2 Å². The summed E-state index contributed by atoms with van der Waals surface area (Å²) >= 11 is 0. The van der Waals surface area contributed by atoms with Crippen molar-refractivity contribution in [2.24, 2.45) is 0 Å². The van der Waals surface area contributed by atoms with Gasteiger partial charge in [0.05, 0.1) is 17.7 Å². The molecule has 0 aliphatic carbocycles. The number of rotatable bonds is 7. The Balaban J connectivity index is 1.99. The molecule has 1 amide bonds. The number of carbonyl (C=O) groups excluding carboxylic acids is 1. The molecule has 1 aliphatic rings. The zero-order chi connectivity index (χ0) is 21.0. The van der Waals surface area contributed by atoms with E-state index in [1.54, 1.807) is 30.3 Å². The smallest absolute Gasteiger partial charge is 0.264 e. The van der Waals surface area contributed by atoms with Gasteiger partial charge in [-0.3, -0.25) is 9.10 Å². The Labute approximate surface area is 170 Å². The Kier molecular flexibility index (Phi) is 6.17. The third-order valence-electron chi connectivity index (χ3n) is 4.20. The van der Waals surface area contributed by atoms with Crippen LogP contribution in [0.2, 0.25) is 0 Å². The normalized spacial score (nSPS) is 13.1. The van der Waals surface area contributed by atoms with Crippen molar-refractivity contribution in [1.82, 2.24) is 5.32 Å². The maximum Gasteiger partial charge on any atom is 0.264 e. The van der Waals surface area contributed by atoms with Crippen LogP contribution in [0.25, 0.3) is 0 Å². The summed E-state index contributed by atoms with van der Waals surface area (Å²) in [5.41, 5.74) is 0.347. The highest BCUT2D eigenvalue weighted by Crippen LogP contribution is 2.34. The fraction of sp³-hybridized carbons (Fsp3) is 0.350. The number of hydrogen-bond donors (Lipinski definition) is 1. The lowest BCUT2D eigenvalue weighted by Gasteiger charge is -2.26. The van der Waals surface area contributed by atoms with E-state index in [9.17, 15) is 13.2 Å². The van der Waals surface area contributed by atoms with Crippen LogP contribution in [-0.2, 0) is 14.8 Å². The van der Waals surface area contributed by atoms with Crippen LogP contribution >= 0.6 is 0 Å². The number of amides is 1. The van der Waals surface area contributed by atoms with Gasteiger partial charge in [0, 0.05) is 12.1 Å². The summed E-state index contributed by atoms with van der Waals surface area (Å²) in [6.07, 6.45) is 0. The molecule has 1 heterocycles. The minimum atomic E-state index is -4.04. The molecule has 2 aromatic carbocycles. The van der Waals surface area contributed by atoms with Crippen LogP contribution in [0, 0.1) is 0 Å². The van der Waals surface area contributed by atoms with E-state index in [1.165, 1.54) is 19.2 Å². The Bertz CT molecular complexity index is 973. The van der Waals surface area contributed by atoms with Gasteiger partial charge >= 0.3 is 0 Å². The predicted octanol–water partition coefficient (Wildman–Crippen LogP) is 2.19. The fourth-order valence-electron chi connectivity index (χ4n) is 2.87. The number of nitrogens with zero attached hydrogens (tertiary/aromatic N) is 1. The molecule has 2 aromatic rings. The van der Waals surface area contributed by atoms with Gasteiger partial charge in [-0.25, -0.2) is 8.42 Å². The molecule has 1 N–H and O–H groups in total. The van der Waals surface area contributed by atoms with Gasteiger partial charge in [0.1, 0.15) is 25.5 Å². The largest absolute Gasteiger partial charge is 0.497 e. The van der Waals surface area contributed by atoms with Crippen molar-refractivity contribution in [2.45, 2.75) is 24.8 Å². The second-order valence-electron chi connectivity index (χ2n) is 6.74. The van der Waals surface area contributed by atoms with E-state index in [2.05, 4.69) is 5.32 Å². The predicted molar refractivity (Wildman–Crippen MR) is 108 cm³/mol. The van der Waals surface area contributed by atoms with Crippen LogP contribution in [0.15, 0.2) is 47.4 Å². The highest BCUT2D eigenvalue weighted by atomic mass is 32.2. The average Bonchev–Trinajstić information content (AvgIpc) is 2.71. The number of fused-ring (bicyclic) bond motifs is 1. The first-order valence-electron chi connectivity index (χ1n) is 9.17. The van der Waals surface area contributed by atoms with E-state index >= 15 is 0 Å². The van der Waals surface area contributed by atoms with Gasteiger partial charge in [-0.1, -0.05) is 0 Å². The summed E-state index contributed by atoms with van der Waals surface area (Å²) in [5, 5.41) is 2.72. The molecule has 0 saturated carbocycles. The summed E-state index contributed by atoms with van der Waals surface area (Å²) in [4.78, 5) is 12.4. The van der Waals surface area contributed by atoms with Gasteiger partial charge in [-0.15, -0.1) is 0 Å². The second-order valence-corrected chi connectivity index (χ2v) is 8.60. The maximum absolute atomic E-state index is 13.4. The molecule has 8 nitrogen and oxygen atoms in total. The van der Waals surface area contributed by atoms with Crippen LogP contribution in [0.5, 0.6) is 17.2 Å². The van der Waals surface area contributed by atoms with Crippen LogP contribution in [0.3, 0.4) is 0 Å². The van der Waals surface area contributed by atoms with E-state index in [0.717, 1.165) is 4.31 Å². The molecule has 0 radical (unpaired) electrons. The number of ether oxygens (including phenoxy) is 3. The van der Waals surface area contributed by atoms with E-state index in [1.807, 2.05) is 13.8 Å². The van der Waals surface area contributed by atoms with Crippen molar-refractivity contribution >= 4 is 21.6 Å². The highest BCUT2D eigenvalue weighted by Gasteiger charge is 2.29. The zero-order valence-corrected chi connectivity index (χ0v) is 17.4. The molecule has 0 fully saturated rings. The van der Waals surface area contributed by atoms with Crippen LogP contribution in [0.1, 0.15) is 13.8 Å². The van der Waals surface area contributed by atoms with Crippen molar-refractivity contribution < 1.29 is 27.4 Å². The Hall–Kier alpha value is -2.94. The van der Waals surface area contributed by atoms with Crippen molar-refractivity contribution in [3.63, 3.8) is 0 Å². The number of benzene rings is 2. The number of nitrogens with one attached hydrogen (secondary N) is 1. The summed E-state index contributed by atoms with van der Waals surface area (Å²) in [7, 11) is -2.52. The second kappa shape index (κ2) is 8.60. The first kappa shape index (κ1) is 20.8. The molecule has 29 heavy (non-hydrogen) atoms. The Morgan fingerprint density at radius 2 is 1.76 bits per heavy atom. The summed E-state index contributed by atoms with van der Waals surface area (Å²) in [6, 6.07) is 10.8. The summed E-state index contributed by atoms with van der Waals surface area (Å²) in [6.45, 7) is 4.01. The third-order valence-corrected chi connectivity index (χ3v) is 5.97. The van der Waals surface area contributed by atoms with Crippen LogP contribution in [0.4, 0.5) is 5.69 Å². The van der Waals surface area contributed by atoms with E-state index in [4.69, 9.17) is 14.2 Å². The van der Waals surface area contributed by atoms with Crippen LogP contribution in [-0.4, -0.2) is 47.2 Å². The maximum atomic E-state index is 13.4. The molecule has 3 rings (SSSR count). The fourth-order valence-corrected chi connectivity index (χ4v) is 4.31. The van der Waals surface area contributed by atoms with E-state index < -0.39 is 15.9 Å². The monoisotopic (exact) mass is 420 g/mol. The Morgan fingerprint density at radius 1 is 1.10 bits per heavy atom. The lowest BCUT2D eigenvalue weighted by molar-refractivity contribution is -0.120. The average molecular weight is 420 g/mol. The quantitative estimate of drug-likeness (QED) is 0.738. The summed E-state index contributed by atoms with van der Waals surface area (Å²) in [5.74, 6) is 1.02. The Morgan fingerprint density at radius 3 is 2.38 bits per heavy atom. The van der Waals surface area contributed by atoms with E-state index in [-0.39, 0.29) is 17.5 Å². The molecule has 0 unspecified atom stereocenters. The highest BCUT2D eigenvalue weighted by molar-refractivity contribution is 7.92. The van der Waals surface area contributed by atoms with E-state index in [0.29, 0.717) is 36.1 Å². The zero-order valence-electron chi connectivity index (χ0n) is 16.5. The molecule has 9 heteroatoms. The molecule has 0 spiro atoms. The van der Waals surface area contributed by atoms with Crippen molar-refractivity contribution in [3.05, 3.63) is 42.5 Å². The number of sulfonamides is 1. The minimum absolute atomic E-state index is 0.00918.